The van der Waals surface area contributed by atoms with Gasteiger partial charge in [0.1, 0.15) is 5.75 Å². The molecule has 28 heavy (non-hydrogen) atoms. The zero-order valence-electron chi connectivity index (χ0n) is 16.0. The van der Waals surface area contributed by atoms with Crippen LogP contribution in [0.1, 0.15) is 18.5 Å². The topological polar surface area (TPSA) is 66.0 Å². The summed E-state index contributed by atoms with van der Waals surface area (Å²) >= 11 is 1.44. The van der Waals surface area contributed by atoms with Gasteiger partial charge in [0.05, 0.1) is 19.2 Å². The molecular formula is C20H24N4O3S. The third-order valence-electron chi connectivity index (χ3n) is 5.25. The molecule has 7 nitrogen and oxygen atoms in total. The molecule has 2 fully saturated rings. The number of piperazine rings is 1. The number of hydrogen-bond acceptors (Lipinski definition) is 6. The number of ether oxygens (including phenoxy) is 1. The first-order valence-corrected chi connectivity index (χ1v) is 10.4. The minimum absolute atomic E-state index is 0.0963. The fraction of sp³-hybridized carbons (Fsp3) is 0.450. The molecule has 0 aliphatic carbocycles. The molecule has 0 spiro atoms. The van der Waals surface area contributed by atoms with E-state index in [1.165, 1.54) is 11.3 Å². The molecular weight excluding hydrogens is 376 g/mol. The molecule has 8 heteroatoms. The first-order chi connectivity index (χ1) is 13.6. The second kappa shape index (κ2) is 8.18. The Bertz CT molecular complexity index is 843. The van der Waals surface area contributed by atoms with E-state index in [4.69, 9.17) is 4.74 Å². The van der Waals surface area contributed by atoms with Crippen molar-refractivity contribution < 1.29 is 14.3 Å². The Kier molecular flexibility index (Phi) is 5.47. The van der Waals surface area contributed by atoms with E-state index in [1.54, 1.807) is 12.0 Å². The molecule has 2 aliphatic heterocycles. The average molecular weight is 401 g/mol. The number of carbonyl (C=O) groups excluding carboxylic acids is 2. The van der Waals surface area contributed by atoms with Crippen LogP contribution in [-0.4, -0.2) is 61.5 Å². The van der Waals surface area contributed by atoms with E-state index >= 15 is 0 Å². The Morgan fingerprint density at radius 1 is 1.14 bits per heavy atom. The van der Waals surface area contributed by atoms with Crippen LogP contribution in [0.25, 0.3) is 0 Å². The van der Waals surface area contributed by atoms with Crippen molar-refractivity contribution in [3.8, 4) is 5.75 Å². The van der Waals surface area contributed by atoms with Crippen molar-refractivity contribution in [2.75, 3.05) is 49.6 Å². The summed E-state index contributed by atoms with van der Waals surface area (Å²) in [4.78, 5) is 34.9. The van der Waals surface area contributed by atoms with Gasteiger partial charge in [-0.25, -0.2) is 4.98 Å². The van der Waals surface area contributed by atoms with Crippen molar-refractivity contribution in [3.63, 3.8) is 0 Å². The molecule has 2 aliphatic rings. The van der Waals surface area contributed by atoms with E-state index in [2.05, 4.69) is 9.88 Å². The zero-order chi connectivity index (χ0) is 19.5. The molecule has 0 N–H and O–H groups in total. The van der Waals surface area contributed by atoms with Crippen LogP contribution in [0.15, 0.2) is 29.6 Å². The highest BCUT2D eigenvalue weighted by molar-refractivity contribution is 7.14. The first kappa shape index (κ1) is 18.7. The number of methoxy groups -OCH3 is 1. The minimum Gasteiger partial charge on any atom is -0.497 e. The molecule has 0 radical (unpaired) electrons. The number of aromatic nitrogens is 1. The molecule has 2 saturated heterocycles. The lowest BCUT2D eigenvalue weighted by Gasteiger charge is -2.36. The van der Waals surface area contributed by atoms with Gasteiger partial charge in [-0.05, 0) is 30.7 Å². The number of anilines is 2. The summed E-state index contributed by atoms with van der Waals surface area (Å²) in [5.74, 6) is 1.07. The second-order valence-electron chi connectivity index (χ2n) is 7.01. The lowest BCUT2D eigenvalue weighted by Crippen LogP contribution is -2.49. The number of carbonyl (C=O) groups is 2. The Balaban J connectivity index is 1.30. The third-order valence-corrected chi connectivity index (χ3v) is 6.16. The van der Waals surface area contributed by atoms with Gasteiger partial charge in [-0.3, -0.25) is 14.5 Å². The molecule has 2 amide bonds. The summed E-state index contributed by atoms with van der Waals surface area (Å²) in [5, 5.41) is 2.61. The van der Waals surface area contributed by atoms with Crippen LogP contribution in [0.5, 0.6) is 5.75 Å². The molecule has 0 atom stereocenters. The Labute approximate surface area is 168 Å². The highest BCUT2D eigenvalue weighted by atomic mass is 32.1. The van der Waals surface area contributed by atoms with Crippen LogP contribution in [0.3, 0.4) is 0 Å². The van der Waals surface area contributed by atoms with Crippen molar-refractivity contribution in [1.29, 1.82) is 0 Å². The van der Waals surface area contributed by atoms with Gasteiger partial charge >= 0.3 is 0 Å². The van der Waals surface area contributed by atoms with Crippen LogP contribution < -0.4 is 14.5 Å². The Hall–Kier alpha value is -2.61. The van der Waals surface area contributed by atoms with Crippen molar-refractivity contribution in [2.24, 2.45) is 0 Å². The van der Waals surface area contributed by atoms with Crippen molar-refractivity contribution in [1.82, 2.24) is 9.88 Å². The summed E-state index contributed by atoms with van der Waals surface area (Å²) in [5.41, 5.74) is 1.90. The molecule has 1 aromatic heterocycles. The van der Waals surface area contributed by atoms with Crippen LogP contribution in [0, 0.1) is 0 Å². The molecule has 2 aromatic rings. The maximum absolute atomic E-state index is 12.7. The van der Waals surface area contributed by atoms with Gasteiger partial charge in [-0.15, -0.1) is 11.3 Å². The maximum Gasteiger partial charge on any atom is 0.228 e. The fourth-order valence-electron chi connectivity index (χ4n) is 3.63. The summed E-state index contributed by atoms with van der Waals surface area (Å²) in [7, 11) is 1.66. The van der Waals surface area contributed by atoms with Crippen LogP contribution in [0.4, 0.5) is 10.8 Å². The smallest absolute Gasteiger partial charge is 0.228 e. The van der Waals surface area contributed by atoms with Gasteiger partial charge in [-0.2, -0.15) is 0 Å². The molecule has 1 aromatic carbocycles. The summed E-state index contributed by atoms with van der Waals surface area (Å²) < 4.78 is 5.20. The summed E-state index contributed by atoms with van der Waals surface area (Å²) in [6, 6.07) is 8.01. The number of nitrogens with zero attached hydrogens (tertiary/aromatic N) is 4. The molecule has 0 bridgehead atoms. The van der Waals surface area contributed by atoms with Crippen LogP contribution in [-0.2, 0) is 16.0 Å². The van der Waals surface area contributed by atoms with E-state index in [0.29, 0.717) is 25.9 Å². The van der Waals surface area contributed by atoms with Gasteiger partial charge in [-0.1, -0.05) is 0 Å². The molecule has 0 unspecified atom stereocenters. The second-order valence-corrected chi connectivity index (χ2v) is 7.85. The first-order valence-electron chi connectivity index (χ1n) is 9.55. The van der Waals surface area contributed by atoms with Crippen molar-refractivity contribution in [2.45, 2.75) is 19.3 Å². The van der Waals surface area contributed by atoms with Gasteiger partial charge in [0, 0.05) is 50.2 Å². The van der Waals surface area contributed by atoms with Gasteiger partial charge in [0.25, 0.3) is 0 Å². The number of hydrogen-bond donors (Lipinski definition) is 0. The number of amides is 2. The van der Waals surface area contributed by atoms with E-state index in [1.807, 2.05) is 34.5 Å². The Morgan fingerprint density at radius 3 is 2.54 bits per heavy atom. The normalized spacial score (nSPS) is 17.3. The van der Waals surface area contributed by atoms with E-state index in [9.17, 15) is 9.59 Å². The van der Waals surface area contributed by atoms with Crippen molar-refractivity contribution >= 4 is 34.0 Å². The standard InChI is InChI=1S/C20H24N4O3S/c1-27-17-6-4-16(5-7-17)22-9-11-23(12-10-22)19(26)13-15-14-28-20(21-15)24-8-2-3-18(24)25/h4-7,14H,2-3,8-13H2,1H3. The predicted octanol–water partition coefficient (Wildman–Crippen LogP) is 2.17. The quantitative estimate of drug-likeness (QED) is 0.770. The van der Waals surface area contributed by atoms with E-state index in [-0.39, 0.29) is 11.8 Å². The highest BCUT2D eigenvalue weighted by Crippen LogP contribution is 2.26. The van der Waals surface area contributed by atoms with Gasteiger partial charge in [0.15, 0.2) is 5.13 Å². The minimum atomic E-state index is 0.0963. The van der Waals surface area contributed by atoms with Gasteiger partial charge < -0.3 is 14.5 Å². The lowest BCUT2D eigenvalue weighted by atomic mass is 10.2. The Morgan fingerprint density at radius 2 is 1.89 bits per heavy atom. The van der Waals surface area contributed by atoms with E-state index < -0.39 is 0 Å². The molecule has 4 rings (SSSR count). The molecule has 148 valence electrons. The average Bonchev–Trinajstić information content (AvgIpc) is 3.36. The highest BCUT2D eigenvalue weighted by Gasteiger charge is 2.26. The lowest BCUT2D eigenvalue weighted by molar-refractivity contribution is -0.130. The SMILES string of the molecule is COc1ccc(N2CCN(C(=O)Cc3csc(N4CCCC4=O)n3)CC2)cc1. The number of rotatable bonds is 5. The van der Waals surface area contributed by atoms with Crippen molar-refractivity contribution in [3.05, 3.63) is 35.3 Å². The van der Waals surface area contributed by atoms with Crippen LogP contribution in [0.2, 0.25) is 0 Å². The predicted molar refractivity (Wildman–Crippen MR) is 109 cm³/mol. The zero-order valence-corrected chi connectivity index (χ0v) is 16.8. The summed E-state index contributed by atoms with van der Waals surface area (Å²) in [6.45, 7) is 3.75. The summed E-state index contributed by atoms with van der Waals surface area (Å²) in [6.07, 6.45) is 1.76. The van der Waals surface area contributed by atoms with E-state index in [0.717, 1.165) is 48.3 Å². The number of thiazole rings is 1. The third kappa shape index (κ3) is 3.96. The largest absolute Gasteiger partial charge is 0.497 e. The number of benzene rings is 1. The molecule has 0 saturated carbocycles. The molecule has 3 heterocycles. The fourth-order valence-corrected chi connectivity index (χ4v) is 4.49. The maximum atomic E-state index is 12.7. The monoisotopic (exact) mass is 400 g/mol. The van der Waals surface area contributed by atoms with Gasteiger partial charge in [0.2, 0.25) is 11.8 Å². The van der Waals surface area contributed by atoms with Crippen LogP contribution >= 0.6 is 11.3 Å².